The highest BCUT2D eigenvalue weighted by Crippen LogP contribution is 2.37. The van der Waals surface area contributed by atoms with Crippen LogP contribution in [-0.4, -0.2) is 33.5 Å². The molecule has 1 atom stereocenters. The number of aromatic nitrogens is 3. The van der Waals surface area contributed by atoms with Gasteiger partial charge in [0.05, 0.1) is 12.1 Å². The van der Waals surface area contributed by atoms with E-state index in [9.17, 15) is 4.79 Å². The van der Waals surface area contributed by atoms with E-state index in [0.717, 1.165) is 28.9 Å². The number of hydrogen-bond donors (Lipinski definition) is 1. The van der Waals surface area contributed by atoms with Gasteiger partial charge in [-0.25, -0.2) is 9.97 Å². The third kappa shape index (κ3) is 4.00. The molecule has 0 saturated carbocycles. The molecule has 1 N–H and O–H groups in total. The summed E-state index contributed by atoms with van der Waals surface area (Å²) in [4.78, 5) is 24.7. The van der Waals surface area contributed by atoms with Crippen LogP contribution in [0.15, 0.2) is 67.3 Å². The van der Waals surface area contributed by atoms with Gasteiger partial charge in [0, 0.05) is 37.3 Å². The Balaban J connectivity index is 1.38. The summed E-state index contributed by atoms with van der Waals surface area (Å²) in [6, 6.07) is 11.5. The Morgan fingerprint density at radius 1 is 1.15 bits per heavy atom. The maximum absolute atomic E-state index is 12.0. The number of nitrogens with one attached hydrogen (secondary N) is 1. The highest BCUT2D eigenvalue weighted by atomic mass is 16.5. The van der Waals surface area contributed by atoms with Crippen LogP contribution in [0.2, 0.25) is 0 Å². The van der Waals surface area contributed by atoms with E-state index in [2.05, 4.69) is 20.3 Å². The fourth-order valence-electron chi connectivity index (χ4n) is 2.99. The molecule has 27 heavy (non-hydrogen) atoms. The predicted octanol–water partition coefficient (Wildman–Crippen LogP) is 2.67. The molecule has 0 radical (unpaired) electrons. The number of hydrogen-bond acceptors (Lipinski definition) is 5. The fourth-order valence-corrected chi connectivity index (χ4v) is 2.99. The van der Waals surface area contributed by atoms with Crippen LogP contribution in [0.3, 0.4) is 0 Å². The molecule has 2 aromatic heterocycles. The van der Waals surface area contributed by atoms with Crippen molar-refractivity contribution in [2.24, 2.45) is 0 Å². The minimum absolute atomic E-state index is 0.111. The highest BCUT2D eigenvalue weighted by molar-refractivity contribution is 5.91. The van der Waals surface area contributed by atoms with Crippen molar-refractivity contribution < 1.29 is 9.53 Å². The zero-order valence-corrected chi connectivity index (χ0v) is 14.6. The van der Waals surface area contributed by atoms with E-state index < -0.39 is 0 Å². The topological polar surface area (TPSA) is 77.0 Å². The molecule has 0 aliphatic carbocycles. The van der Waals surface area contributed by atoms with E-state index in [4.69, 9.17) is 4.74 Å². The third-order valence-electron chi connectivity index (χ3n) is 4.25. The third-order valence-corrected chi connectivity index (χ3v) is 4.25. The Hall–Kier alpha value is -3.54. The first-order valence-electron chi connectivity index (χ1n) is 8.71. The van der Waals surface area contributed by atoms with Crippen molar-refractivity contribution in [2.75, 3.05) is 6.54 Å². The number of carbonyl (C=O) groups excluding carboxylic acids is 1. The lowest BCUT2D eigenvalue weighted by Crippen LogP contribution is -2.33. The molecule has 0 fully saturated rings. The smallest absolute Gasteiger partial charge is 0.244 e. The molecule has 0 saturated heterocycles. The maximum Gasteiger partial charge on any atom is 0.244 e. The average Bonchev–Trinajstić information content (AvgIpc) is 3.15. The molecule has 4 rings (SSSR count). The second kappa shape index (κ2) is 7.78. The van der Waals surface area contributed by atoms with Gasteiger partial charge in [0.25, 0.3) is 0 Å². The summed E-state index contributed by atoms with van der Waals surface area (Å²) in [5.41, 5.74) is 2.85. The van der Waals surface area contributed by atoms with Crippen molar-refractivity contribution >= 4 is 12.0 Å². The van der Waals surface area contributed by atoms with Crippen molar-refractivity contribution in [3.8, 4) is 17.1 Å². The Morgan fingerprint density at radius 3 is 2.85 bits per heavy atom. The Morgan fingerprint density at radius 2 is 2.04 bits per heavy atom. The predicted molar refractivity (Wildman–Crippen MR) is 102 cm³/mol. The highest BCUT2D eigenvalue weighted by Gasteiger charge is 2.26. The molecule has 0 bridgehead atoms. The summed E-state index contributed by atoms with van der Waals surface area (Å²) in [5, 5.41) is 2.89. The van der Waals surface area contributed by atoms with Crippen LogP contribution in [0.5, 0.6) is 5.75 Å². The first-order valence-corrected chi connectivity index (χ1v) is 8.71. The Kier molecular flexibility index (Phi) is 4.87. The molecule has 1 amide bonds. The van der Waals surface area contributed by atoms with Crippen molar-refractivity contribution in [1.29, 1.82) is 0 Å². The molecule has 3 aromatic rings. The van der Waals surface area contributed by atoms with Gasteiger partial charge in [0.15, 0.2) is 5.82 Å². The molecule has 1 unspecified atom stereocenters. The minimum atomic E-state index is -0.162. The molecule has 134 valence electrons. The number of nitrogens with zero attached hydrogens (tertiary/aromatic N) is 3. The van der Waals surface area contributed by atoms with E-state index >= 15 is 0 Å². The molecule has 3 heterocycles. The van der Waals surface area contributed by atoms with Crippen molar-refractivity contribution in [1.82, 2.24) is 20.3 Å². The molecule has 0 spiro atoms. The van der Waals surface area contributed by atoms with Gasteiger partial charge in [-0.1, -0.05) is 18.2 Å². The second-order valence-electron chi connectivity index (χ2n) is 6.18. The lowest BCUT2D eigenvalue weighted by Gasteiger charge is -2.12. The number of benzene rings is 1. The van der Waals surface area contributed by atoms with Crippen LogP contribution in [0.4, 0.5) is 0 Å². The Labute approximate surface area is 157 Å². The van der Waals surface area contributed by atoms with E-state index in [1.165, 1.54) is 6.08 Å². The maximum atomic E-state index is 12.0. The van der Waals surface area contributed by atoms with Crippen molar-refractivity contribution in [3.05, 3.63) is 78.4 Å². The van der Waals surface area contributed by atoms with Crippen LogP contribution >= 0.6 is 0 Å². The van der Waals surface area contributed by atoms with E-state index in [1.807, 2.05) is 30.3 Å². The van der Waals surface area contributed by atoms with Gasteiger partial charge in [0.2, 0.25) is 5.91 Å². The standard InChI is InChI=1S/C21H18N4O2/c26-19(8-7-15-4-2-9-22-13-15)25-14-17-12-16-5-1-6-18(20(16)27-17)21-23-10-3-11-24-21/h1-11,13,17H,12,14H2,(H,25,26). The normalized spacial score (nSPS) is 15.3. The van der Waals surface area contributed by atoms with Gasteiger partial charge in [-0.3, -0.25) is 9.78 Å². The van der Waals surface area contributed by atoms with Gasteiger partial charge in [-0.05, 0) is 35.4 Å². The first kappa shape index (κ1) is 16.9. The number of pyridine rings is 1. The molecule has 6 nitrogen and oxygen atoms in total. The summed E-state index contributed by atoms with van der Waals surface area (Å²) in [7, 11) is 0. The number of fused-ring (bicyclic) bond motifs is 1. The van der Waals surface area contributed by atoms with Crippen LogP contribution in [-0.2, 0) is 11.2 Å². The van der Waals surface area contributed by atoms with E-state index in [1.54, 1.807) is 36.9 Å². The zero-order chi connectivity index (χ0) is 18.5. The first-order chi connectivity index (χ1) is 13.3. The van der Waals surface area contributed by atoms with Crippen molar-refractivity contribution in [2.45, 2.75) is 12.5 Å². The van der Waals surface area contributed by atoms with E-state index in [-0.39, 0.29) is 12.0 Å². The summed E-state index contributed by atoms with van der Waals surface area (Å²) in [6.45, 7) is 0.431. The van der Waals surface area contributed by atoms with Gasteiger partial charge in [0.1, 0.15) is 11.9 Å². The molecular formula is C21H18N4O2. The van der Waals surface area contributed by atoms with Gasteiger partial charge >= 0.3 is 0 Å². The second-order valence-corrected chi connectivity index (χ2v) is 6.18. The SMILES string of the molecule is O=C(C=Cc1cccnc1)NCC1Cc2cccc(-c3ncccn3)c2O1. The Bertz CT molecular complexity index is 958. The summed E-state index contributed by atoms with van der Waals surface area (Å²) in [6.07, 6.45) is 10.7. The summed E-state index contributed by atoms with van der Waals surface area (Å²) in [5.74, 6) is 1.28. The lowest BCUT2D eigenvalue weighted by atomic mass is 10.1. The number of carbonyl (C=O) groups is 1. The molecule has 1 aliphatic heterocycles. The quantitative estimate of drug-likeness (QED) is 0.710. The van der Waals surface area contributed by atoms with Crippen LogP contribution in [0, 0.1) is 0 Å². The summed E-state index contributed by atoms with van der Waals surface area (Å²) < 4.78 is 6.08. The van der Waals surface area contributed by atoms with Crippen LogP contribution in [0.25, 0.3) is 17.5 Å². The van der Waals surface area contributed by atoms with E-state index in [0.29, 0.717) is 12.4 Å². The van der Waals surface area contributed by atoms with Crippen LogP contribution in [0.1, 0.15) is 11.1 Å². The van der Waals surface area contributed by atoms with Gasteiger partial charge in [-0.2, -0.15) is 0 Å². The van der Waals surface area contributed by atoms with Gasteiger partial charge < -0.3 is 10.1 Å². The van der Waals surface area contributed by atoms with Crippen LogP contribution < -0.4 is 10.1 Å². The number of ether oxygens (including phenoxy) is 1. The molecule has 1 aliphatic rings. The number of amides is 1. The summed E-state index contributed by atoms with van der Waals surface area (Å²) >= 11 is 0. The molecular weight excluding hydrogens is 340 g/mol. The fraction of sp³-hybridized carbons (Fsp3) is 0.143. The monoisotopic (exact) mass is 358 g/mol. The van der Waals surface area contributed by atoms with Crippen molar-refractivity contribution in [3.63, 3.8) is 0 Å². The number of para-hydroxylation sites is 1. The van der Waals surface area contributed by atoms with Gasteiger partial charge in [-0.15, -0.1) is 0 Å². The minimum Gasteiger partial charge on any atom is -0.487 e. The lowest BCUT2D eigenvalue weighted by molar-refractivity contribution is -0.116. The molecule has 1 aromatic carbocycles. The molecule has 6 heteroatoms. The number of rotatable bonds is 5. The zero-order valence-electron chi connectivity index (χ0n) is 14.6. The average molecular weight is 358 g/mol. The largest absolute Gasteiger partial charge is 0.487 e.